The summed E-state index contributed by atoms with van der Waals surface area (Å²) in [5.41, 5.74) is 0.605. The van der Waals surface area contributed by atoms with Crippen LogP contribution in [0.4, 0.5) is 0 Å². The summed E-state index contributed by atoms with van der Waals surface area (Å²) in [7, 11) is 0. The van der Waals surface area contributed by atoms with Crippen LogP contribution in [0.2, 0.25) is 0 Å². The Morgan fingerprint density at radius 2 is 2.35 bits per heavy atom. The third-order valence-electron chi connectivity index (χ3n) is 2.86. The SMILES string of the molecule is CC1CN(C(=O)c2cccnc2Br)C(C)CO1. The minimum Gasteiger partial charge on any atom is -0.375 e. The summed E-state index contributed by atoms with van der Waals surface area (Å²) in [6.07, 6.45) is 1.75. The number of hydrogen-bond donors (Lipinski definition) is 0. The minimum atomic E-state index is 0.00706. The van der Waals surface area contributed by atoms with E-state index in [1.807, 2.05) is 18.7 Å². The lowest BCUT2D eigenvalue weighted by molar-refractivity contribution is -0.0387. The van der Waals surface area contributed by atoms with Crippen molar-refractivity contribution < 1.29 is 9.53 Å². The Labute approximate surface area is 109 Å². The van der Waals surface area contributed by atoms with Crippen LogP contribution in [0.3, 0.4) is 0 Å². The fourth-order valence-corrected chi connectivity index (χ4v) is 2.31. The minimum absolute atomic E-state index is 0.00706. The number of pyridine rings is 1. The van der Waals surface area contributed by atoms with E-state index < -0.39 is 0 Å². The first-order valence-electron chi connectivity index (χ1n) is 5.62. The number of hydrogen-bond acceptors (Lipinski definition) is 3. The average Bonchev–Trinajstić information content (AvgIpc) is 2.32. The molecule has 0 bridgehead atoms. The Balaban J connectivity index is 2.22. The Morgan fingerprint density at radius 1 is 1.59 bits per heavy atom. The topological polar surface area (TPSA) is 42.4 Å². The van der Waals surface area contributed by atoms with Gasteiger partial charge in [0.05, 0.1) is 24.3 Å². The largest absolute Gasteiger partial charge is 0.375 e. The van der Waals surface area contributed by atoms with E-state index in [1.54, 1.807) is 18.3 Å². The quantitative estimate of drug-likeness (QED) is 0.746. The number of nitrogens with zero attached hydrogens (tertiary/aromatic N) is 2. The highest BCUT2D eigenvalue weighted by Crippen LogP contribution is 2.19. The molecule has 92 valence electrons. The normalized spacial score (nSPS) is 24.8. The van der Waals surface area contributed by atoms with E-state index in [0.29, 0.717) is 23.3 Å². The lowest BCUT2D eigenvalue weighted by atomic mass is 10.1. The third kappa shape index (κ3) is 2.66. The summed E-state index contributed by atoms with van der Waals surface area (Å²) in [4.78, 5) is 18.3. The van der Waals surface area contributed by atoms with Crippen molar-refractivity contribution in [3.8, 4) is 0 Å². The zero-order valence-corrected chi connectivity index (χ0v) is 11.5. The van der Waals surface area contributed by atoms with Crippen molar-refractivity contribution in [1.82, 2.24) is 9.88 Å². The van der Waals surface area contributed by atoms with E-state index in [-0.39, 0.29) is 18.1 Å². The van der Waals surface area contributed by atoms with Gasteiger partial charge >= 0.3 is 0 Å². The van der Waals surface area contributed by atoms with Gasteiger partial charge in [-0.1, -0.05) is 0 Å². The molecule has 0 spiro atoms. The summed E-state index contributed by atoms with van der Waals surface area (Å²) in [5.74, 6) is 0.00706. The van der Waals surface area contributed by atoms with Crippen LogP contribution in [0, 0.1) is 0 Å². The molecule has 1 aliphatic heterocycles. The molecule has 4 nitrogen and oxygen atoms in total. The van der Waals surface area contributed by atoms with E-state index in [4.69, 9.17) is 4.74 Å². The molecule has 0 aliphatic carbocycles. The average molecular weight is 299 g/mol. The third-order valence-corrected chi connectivity index (χ3v) is 3.49. The van der Waals surface area contributed by atoms with Crippen LogP contribution < -0.4 is 0 Å². The molecule has 1 amide bonds. The fourth-order valence-electron chi connectivity index (χ4n) is 1.89. The molecule has 1 saturated heterocycles. The Morgan fingerprint density at radius 3 is 3.06 bits per heavy atom. The van der Waals surface area contributed by atoms with Crippen molar-refractivity contribution in [1.29, 1.82) is 0 Å². The van der Waals surface area contributed by atoms with Gasteiger partial charge in [-0.3, -0.25) is 4.79 Å². The molecule has 0 radical (unpaired) electrons. The molecule has 2 atom stereocenters. The van der Waals surface area contributed by atoms with Crippen molar-refractivity contribution in [3.05, 3.63) is 28.5 Å². The predicted molar refractivity (Wildman–Crippen MR) is 67.8 cm³/mol. The van der Waals surface area contributed by atoms with Gasteiger partial charge in [0.1, 0.15) is 4.60 Å². The van der Waals surface area contributed by atoms with Gasteiger partial charge in [-0.15, -0.1) is 0 Å². The number of halogens is 1. The maximum Gasteiger partial charge on any atom is 0.257 e. The van der Waals surface area contributed by atoms with Crippen LogP contribution in [0.1, 0.15) is 24.2 Å². The van der Waals surface area contributed by atoms with Crippen molar-refractivity contribution in [2.75, 3.05) is 13.2 Å². The Hall–Kier alpha value is -0.940. The maximum atomic E-state index is 12.4. The van der Waals surface area contributed by atoms with Gasteiger partial charge < -0.3 is 9.64 Å². The molecule has 1 aromatic heterocycles. The molecule has 1 aliphatic rings. The molecular formula is C12H15BrN2O2. The van der Waals surface area contributed by atoms with Crippen LogP contribution in [0.25, 0.3) is 0 Å². The lowest BCUT2D eigenvalue weighted by Crippen LogP contribution is -2.50. The summed E-state index contributed by atoms with van der Waals surface area (Å²) in [5, 5.41) is 0. The molecule has 0 aromatic carbocycles. The van der Waals surface area contributed by atoms with Gasteiger partial charge in [-0.2, -0.15) is 0 Å². The van der Waals surface area contributed by atoms with Crippen molar-refractivity contribution in [2.24, 2.45) is 0 Å². The summed E-state index contributed by atoms with van der Waals surface area (Å²) < 4.78 is 6.11. The highest BCUT2D eigenvalue weighted by atomic mass is 79.9. The first kappa shape index (κ1) is 12.5. The van der Waals surface area contributed by atoms with E-state index in [9.17, 15) is 4.79 Å². The predicted octanol–water partition coefficient (Wildman–Crippen LogP) is 2.09. The summed E-state index contributed by atoms with van der Waals surface area (Å²) >= 11 is 3.31. The molecule has 2 unspecified atom stereocenters. The number of amides is 1. The van der Waals surface area contributed by atoms with Gasteiger partial charge in [0.25, 0.3) is 5.91 Å². The highest BCUT2D eigenvalue weighted by Gasteiger charge is 2.29. The molecule has 2 rings (SSSR count). The van der Waals surface area contributed by atoms with Crippen LogP contribution >= 0.6 is 15.9 Å². The van der Waals surface area contributed by atoms with Gasteiger partial charge in [0.15, 0.2) is 0 Å². The second-order valence-electron chi connectivity index (χ2n) is 4.29. The smallest absolute Gasteiger partial charge is 0.257 e. The van der Waals surface area contributed by atoms with Crippen LogP contribution in [-0.4, -0.2) is 41.1 Å². The zero-order valence-electron chi connectivity index (χ0n) is 9.89. The van der Waals surface area contributed by atoms with Crippen molar-refractivity contribution in [2.45, 2.75) is 26.0 Å². The van der Waals surface area contributed by atoms with Crippen LogP contribution in [-0.2, 0) is 4.74 Å². The Bertz CT molecular complexity index is 425. The number of morpholine rings is 1. The van der Waals surface area contributed by atoms with Gasteiger partial charge in [-0.05, 0) is 41.9 Å². The van der Waals surface area contributed by atoms with Gasteiger partial charge in [0, 0.05) is 12.7 Å². The Kier molecular flexibility index (Phi) is 3.79. The van der Waals surface area contributed by atoms with Crippen molar-refractivity contribution in [3.63, 3.8) is 0 Å². The van der Waals surface area contributed by atoms with Gasteiger partial charge in [0.2, 0.25) is 0 Å². The zero-order chi connectivity index (χ0) is 12.4. The fraction of sp³-hybridized carbons (Fsp3) is 0.500. The molecule has 5 heteroatoms. The van der Waals surface area contributed by atoms with E-state index in [2.05, 4.69) is 20.9 Å². The van der Waals surface area contributed by atoms with Crippen LogP contribution in [0.5, 0.6) is 0 Å². The number of carbonyl (C=O) groups excluding carboxylic acids is 1. The highest BCUT2D eigenvalue weighted by molar-refractivity contribution is 9.10. The lowest BCUT2D eigenvalue weighted by Gasteiger charge is -2.36. The van der Waals surface area contributed by atoms with E-state index >= 15 is 0 Å². The number of aromatic nitrogens is 1. The molecular weight excluding hydrogens is 284 g/mol. The first-order valence-corrected chi connectivity index (χ1v) is 6.42. The second kappa shape index (κ2) is 5.14. The summed E-state index contributed by atoms with van der Waals surface area (Å²) in [6.45, 7) is 5.19. The molecule has 2 heterocycles. The molecule has 0 saturated carbocycles. The maximum absolute atomic E-state index is 12.4. The second-order valence-corrected chi connectivity index (χ2v) is 5.04. The standard InChI is InChI=1S/C12H15BrN2O2/c1-8-7-17-9(2)6-15(8)12(16)10-4-3-5-14-11(10)13/h3-5,8-9H,6-7H2,1-2H3. The molecule has 1 fully saturated rings. The molecule has 17 heavy (non-hydrogen) atoms. The first-order chi connectivity index (χ1) is 8.09. The van der Waals surface area contributed by atoms with E-state index in [1.165, 1.54) is 0 Å². The van der Waals surface area contributed by atoms with Crippen molar-refractivity contribution >= 4 is 21.8 Å². The van der Waals surface area contributed by atoms with Crippen LogP contribution in [0.15, 0.2) is 22.9 Å². The number of carbonyl (C=O) groups is 1. The van der Waals surface area contributed by atoms with Gasteiger partial charge in [-0.25, -0.2) is 4.98 Å². The summed E-state index contributed by atoms with van der Waals surface area (Å²) in [6, 6.07) is 3.66. The molecule has 1 aromatic rings. The number of rotatable bonds is 1. The number of ether oxygens (including phenoxy) is 1. The monoisotopic (exact) mass is 298 g/mol. The van der Waals surface area contributed by atoms with E-state index in [0.717, 1.165) is 0 Å². The molecule has 0 N–H and O–H groups in total.